The fourth-order valence-corrected chi connectivity index (χ4v) is 3.67. The number of amides is 1. The van der Waals surface area contributed by atoms with E-state index in [2.05, 4.69) is 15.5 Å². The van der Waals surface area contributed by atoms with Gasteiger partial charge in [0.25, 0.3) is 11.8 Å². The third-order valence-electron chi connectivity index (χ3n) is 5.09. The smallest absolute Gasteiger partial charge is 0.259 e. The molecule has 1 N–H and O–H groups in total. The van der Waals surface area contributed by atoms with Crippen molar-refractivity contribution in [3.63, 3.8) is 0 Å². The van der Waals surface area contributed by atoms with Crippen LogP contribution in [-0.2, 0) is 0 Å². The zero-order valence-corrected chi connectivity index (χ0v) is 17.5. The van der Waals surface area contributed by atoms with Gasteiger partial charge in [-0.1, -0.05) is 41.0 Å². The summed E-state index contributed by atoms with van der Waals surface area (Å²) in [5.41, 5.74) is 1.98. The third-order valence-corrected chi connectivity index (χ3v) is 5.32. The maximum absolute atomic E-state index is 13.1. The van der Waals surface area contributed by atoms with E-state index in [1.807, 2.05) is 48.3 Å². The Labute approximate surface area is 180 Å². The predicted octanol–water partition coefficient (Wildman–Crippen LogP) is 4.30. The zero-order chi connectivity index (χ0) is 19.5. The number of hydrogen-bond acceptors (Lipinski definition) is 5. The summed E-state index contributed by atoms with van der Waals surface area (Å²) in [5, 5.41) is 7.94. The summed E-state index contributed by atoms with van der Waals surface area (Å²) in [6.07, 6.45) is 1.90. The highest BCUT2D eigenvalue weighted by atomic mass is 35.5. The fourth-order valence-electron chi connectivity index (χ4n) is 3.48. The first kappa shape index (κ1) is 21.3. The van der Waals surface area contributed by atoms with Gasteiger partial charge < -0.3 is 14.7 Å². The Morgan fingerprint density at radius 3 is 2.66 bits per heavy atom. The second kappa shape index (κ2) is 9.39. The summed E-state index contributed by atoms with van der Waals surface area (Å²) in [7, 11) is 1.96. The molecule has 1 aromatic heterocycles. The molecule has 1 aliphatic heterocycles. The molecule has 0 bridgehead atoms. The van der Waals surface area contributed by atoms with Crippen LogP contribution in [0.25, 0.3) is 22.8 Å². The fraction of sp³-hybridized carbons (Fsp3) is 0.286. The molecule has 1 fully saturated rings. The highest BCUT2D eigenvalue weighted by Gasteiger charge is 2.26. The van der Waals surface area contributed by atoms with Crippen LogP contribution >= 0.6 is 24.0 Å². The van der Waals surface area contributed by atoms with Crippen LogP contribution in [0.2, 0.25) is 5.02 Å². The van der Waals surface area contributed by atoms with E-state index in [1.165, 1.54) is 0 Å². The van der Waals surface area contributed by atoms with Crippen molar-refractivity contribution in [1.29, 1.82) is 0 Å². The molecule has 29 heavy (non-hydrogen) atoms. The highest BCUT2D eigenvalue weighted by Crippen LogP contribution is 2.27. The lowest BCUT2D eigenvalue weighted by molar-refractivity contribution is 0.0708. The summed E-state index contributed by atoms with van der Waals surface area (Å²) in [6.45, 7) is 1.46. The Hall–Kier alpha value is -2.41. The molecule has 152 valence electrons. The molecule has 0 unspecified atom stereocenters. The monoisotopic (exact) mass is 432 g/mol. The van der Waals surface area contributed by atoms with E-state index in [0.29, 0.717) is 33.9 Å². The second-order valence-electron chi connectivity index (χ2n) is 6.83. The second-order valence-corrected chi connectivity index (χ2v) is 7.27. The molecule has 4 rings (SSSR count). The first-order chi connectivity index (χ1) is 13.7. The molecule has 1 amide bonds. The van der Waals surface area contributed by atoms with Crippen LogP contribution < -0.4 is 5.32 Å². The molecule has 0 saturated carbocycles. The van der Waals surface area contributed by atoms with Crippen molar-refractivity contribution in [3.05, 3.63) is 59.1 Å². The molecule has 1 aliphatic rings. The van der Waals surface area contributed by atoms with Gasteiger partial charge in [-0.05, 0) is 44.2 Å². The van der Waals surface area contributed by atoms with E-state index in [-0.39, 0.29) is 18.3 Å². The van der Waals surface area contributed by atoms with Crippen molar-refractivity contribution in [2.24, 2.45) is 0 Å². The van der Waals surface area contributed by atoms with Gasteiger partial charge in [-0.3, -0.25) is 4.79 Å². The summed E-state index contributed by atoms with van der Waals surface area (Å²) >= 11 is 6.05. The number of halogens is 2. The number of carbonyl (C=O) groups is 1. The van der Waals surface area contributed by atoms with Crippen molar-refractivity contribution >= 4 is 29.9 Å². The van der Waals surface area contributed by atoms with Gasteiger partial charge in [0, 0.05) is 29.7 Å². The summed E-state index contributed by atoms with van der Waals surface area (Å²) in [6, 6.07) is 15.1. The molecule has 6 nitrogen and oxygen atoms in total. The number of nitrogens with one attached hydrogen (secondary N) is 1. The van der Waals surface area contributed by atoms with Gasteiger partial charge in [0.1, 0.15) is 0 Å². The molecule has 1 saturated heterocycles. The number of aromatic nitrogens is 2. The summed E-state index contributed by atoms with van der Waals surface area (Å²) in [4.78, 5) is 19.5. The summed E-state index contributed by atoms with van der Waals surface area (Å²) in [5.74, 6) is 0.756. The van der Waals surface area contributed by atoms with E-state index < -0.39 is 0 Å². The van der Waals surface area contributed by atoms with Crippen LogP contribution in [-0.4, -0.2) is 47.1 Å². The minimum absolute atomic E-state index is 0. The maximum Gasteiger partial charge on any atom is 0.259 e. The predicted molar refractivity (Wildman–Crippen MR) is 115 cm³/mol. The molecule has 0 aliphatic carbocycles. The van der Waals surface area contributed by atoms with Crippen LogP contribution in [0.3, 0.4) is 0 Å². The van der Waals surface area contributed by atoms with E-state index >= 15 is 0 Å². The first-order valence-electron chi connectivity index (χ1n) is 9.31. The molecule has 2 aromatic carbocycles. The average molecular weight is 433 g/mol. The molecule has 2 heterocycles. The van der Waals surface area contributed by atoms with Gasteiger partial charge in [-0.2, -0.15) is 4.98 Å². The standard InChI is InChI=1S/C21H21ClN4O2.ClH/c1-23-16-9-11-26(12-10-16)21(27)18-8-3-2-7-17(18)20-24-19(25-28-20)14-5-4-6-15(22)13-14;/h2-8,13,16,23H,9-12H2,1H3;1H. The molecular formula is C21H22Cl2N4O2. The lowest BCUT2D eigenvalue weighted by atomic mass is 10.0. The molecule has 0 atom stereocenters. The van der Waals surface area contributed by atoms with Crippen LogP contribution in [0.15, 0.2) is 53.1 Å². The Morgan fingerprint density at radius 2 is 1.93 bits per heavy atom. The van der Waals surface area contributed by atoms with Gasteiger partial charge in [-0.15, -0.1) is 12.4 Å². The van der Waals surface area contributed by atoms with Gasteiger partial charge in [0.15, 0.2) is 0 Å². The Kier molecular flexibility index (Phi) is 6.90. The summed E-state index contributed by atoms with van der Waals surface area (Å²) < 4.78 is 5.47. The Bertz CT molecular complexity index is 984. The molecule has 3 aromatic rings. The quantitative estimate of drug-likeness (QED) is 0.664. The molecular weight excluding hydrogens is 411 g/mol. The Balaban J connectivity index is 0.00000240. The lowest BCUT2D eigenvalue weighted by Crippen LogP contribution is -2.44. The van der Waals surface area contributed by atoms with Crippen LogP contribution in [0.4, 0.5) is 0 Å². The van der Waals surface area contributed by atoms with E-state index in [1.54, 1.807) is 12.1 Å². The minimum atomic E-state index is -0.00680. The van der Waals surface area contributed by atoms with E-state index in [4.69, 9.17) is 16.1 Å². The minimum Gasteiger partial charge on any atom is -0.339 e. The van der Waals surface area contributed by atoms with Crippen molar-refractivity contribution < 1.29 is 9.32 Å². The first-order valence-corrected chi connectivity index (χ1v) is 9.69. The number of nitrogens with zero attached hydrogens (tertiary/aromatic N) is 3. The van der Waals surface area contributed by atoms with Crippen molar-refractivity contribution in [2.45, 2.75) is 18.9 Å². The van der Waals surface area contributed by atoms with Crippen molar-refractivity contribution in [3.8, 4) is 22.8 Å². The number of carbonyl (C=O) groups excluding carboxylic acids is 1. The van der Waals surface area contributed by atoms with Gasteiger partial charge in [0.2, 0.25) is 5.82 Å². The van der Waals surface area contributed by atoms with Gasteiger partial charge in [0.05, 0.1) is 11.1 Å². The van der Waals surface area contributed by atoms with E-state index in [0.717, 1.165) is 31.5 Å². The largest absolute Gasteiger partial charge is 0.339 e. The van der Waals surface area contributed by atoms with E-state index in [9.17, 15) is 4.79 Å². The number of piperidine rings is 1. The van der Waals surface area contributed by atoms with Crippen LogP contribution in [0.1, 0.15) is 23.2 Å². The number of likely N-dealkylation sites (tertiary alicyclic amines) is 1. The molecule has 0 radical (unpaired) electrons. The normalized spacial score (nSPS) is 14.5. The van der Waals surface area contributed by atoms with Crippen LogP contribution in [0.5, 0.6) is 0 Å². The zero-order valence-electron chi connectivity index (χ0n) is 16.0. The lowest BCUT2D eigenvalue weighted by Gasteiger charge is -2.32. The van der Waals surface area contributed by atoms with Crippen molar-refractivity contribution in [2.75, 3.05) is 20.1 Å². The number of benzene rings is 2. The number of hydrogen-bond donors (Lipinski definition) is 1. The van der Waals surface area contributed by atoms with Gasteiger partial charge >= 0.3 is 0 Å². The van der Waals surface area contributed by atoms with Crippen LogP contribution in [0, 0.1) is 0 Å². The van der Waals surface area contributed by atoms with Gasteiger partial charge in [-0.25, -0.2) is 0 Å². The SMILES string of the molecule is CNC1CCN(C(=O)c2ccccc2-c2nc(-c3cccc(Cl)c3)no2)CC1.Cl. The topological polar surface area (TPSA) is 71.3 Å². The Morgan fingerprint density at radius 1 is 1.17 bits per heavy atom. The number of rotatable bonds is 4. The molecule has 8 heteroatoms. The average Bonchev–Trinajstić information content (AvgIpc) is 3.23. The van der Waals surface area contributed by atoms with Crippen molar-refractivity contribution in [1.82, 2.24) is 20.4 Å². The highest BCUT2D eigenvalue weighted by molar-refractivity contribution is 6.30. The maximum atomic E-state index is 13.1. The third kappa shape index (κ3) is 4.61. The molecule has 0 spiro atoms.